The highest BCUT2D eigenvalue weighted by Gasteiger charge is 2.30. The number of anilines is 1. The van der Waals surface area contributed by atoms with Gasteiger partial charge in [0.15, 0.2) is 10.9 Å². The minimum Gasteiger partial charge on any atom is -0.484 e. The Labute approximate surface area is 144 Å². The second kappa shape index (κ2) is 8.34. The molecule has 10 heteroatoms. The zero-order chi connectivity index (χ0) is 17.6. The number of aromatic nitrogens is 2. The number of hydrogen-bond donors (Lipinski definition) is 1. The quantitative estimate of drug-likeness (QED) is 0.582. The molecule has 0 aliphatic heterocycles. The van der Waals surface area contributed by atoms with Crippen molar-refractivity contribution < 1.29 is 22.7 Å². The van der Waals surface area contributed by atoms with Crippen LogP contribution in [0.2, 0.25) is 0 Å². The number of alkyl halides is 3. The zero-order valence-corrected chi connectivity index (χ0v) is 14.2. The maximum absolute atomic E-state index is 12.6. The lowest BCUT2D eigenvalue weighted by molar-refractivity contribution is -0.137. The molecule has 130 valence electrons. The van der Waals surface area contributed by atoms with Crippen molar-refractivity contribution in [2.24, 2.45) is 0 Å². The topological polar surface area (TPSA) is 64.1 Å². The predicted octanol–water partition coefficient (Wildman–Crippen LogP) is 4.08. The smallest absolute Gasteiger partial charge is 0.416 e. The summed E-state index contributed by atoms with van der Waals surface area (Å²) in [4.78, 5) is 11.8. The maximum Gasteiger partial charge on any atom is 0.416 e. The average Bonchev–Trinajstić information content (AvgIpc) is 2.98. The van der Waals surface area contributed by atoms with Gasteiger partial charge in [-0.2, -0.15) is 13.2 Å². The van der Waals surface area contributed by atoms with E-state index in [4.69, 9.17) is 4.74 Å². The average molecular weight is 377 g/mol. The summed E-state index contributed by atoms with van der Waals surface area (Å²) in [5.74, 6) is 0.355. The highest BCUT2D eigenvalue weighted by Crippen LogP contribution is 2.31. The molecular weight excluding hydrogens is 363 g/mol. The van der Waals surface area contributed by atoms with E-state index in [1.807, 2.05) is 6.92 Å². The summed E-state index contributed by atoms with van der Waals surface area (Å²) in [6.45, 7) is 1.63. The molecule has 0 saturated heterocycles. The first-order chi connectivity index (χ1) is 11.4. The molecule has 2 aromatic rings. The second-order valence-corrected chi connectivity index (χ2v) is 6.90. The molecule has 0 atom stereocenters. The van der Waals surface area contributed by atoms with Gasteiger partial charge in [0.2, 0.25) is 5.13 Å². The molecule has 0 saturated carbocycles. The fraction of sp³-hybridized carbons (Fsp3) is 0.357. The first kappa shape index (κ1) is 18.5. The van der Waals surface area contributed by atoms with Crippen molar-refractivity contribution in [1.29, 1.82) is 0 Å². The molecule has 1 aromatic heterocycles. The molecule has 0 bridgehead atoms. The number of carbonyl (C=O) groups is 1. The van der Waals surface area contributed by atoms with Crippen LogP contribution in [-0.2, 0) is 11.0 Å². The molecule has 0 unspecified atom stereocenters. The number of amides is 1. The molecule has 1 aromatic carbocycles. The molecule has 0 aliphatic rings. The Morgan fingerprint density at radius 3 is 2.88 bits per heavy atom. The Bertz CT molecular complexity index is 692. The number of rotatable bonds is 7. The van der Waals surface area contributed by atoms with Gasteiger partial charge in [-0.05, 0) is 24.6 Å². The van der Waals surface area contributed by atoms with Crippen LogP contribution in [0.4, 0.5) is 18.3 Å². The molecule has 1 amide bonds. The van der Waals surface area contributed by atoms with Gasteiger partial charge in [0.1, 0.15) is 5.75 Å². The Morgan fingerprint density at radius 2 is 2.17 bits per heavy atom. The number of nitrogens with zero attached hydrogens (tertiary/aromatic N) is 2. The van der Waals surface area contributed by atoms with Crippen LogP contribution < -0.4 is 10.1 Å². The molecule has 0 aliphatic carbocycles. The van der Waals surface area contributed by atoms with E-state index in [1.165, 1.54) is 35.2 Å². The minimum atomic E-state index is -4.46. The standard InChI is InChI=1S/C14H14F3N3O2S2/c1-2-6-23-13-20-19-12(24-13)18-11(21)8-22-10-5-3-4-9(7-10)14(15,16)17/h3-5,7H,2,6,8H2,1H3,(H,18,19,21). The lowest BCUT2D eigenvalue weighted by Gasteiger charge is -2.09. The van der Waals surface area contributed by atoms with Gasteiger partial charge in [0.05, 0.1) is 5.56 Å². The van der Waals surface area contributed by atoms with Crippen LogP contribution >= 0.6 is 23.1 Å². The Balaban J connectivity index is 1.86. The van der Waals surface area contributed by atoms with Crippen LogP contribution in [0.3, 0.4) is 0 Å². The molecule has 5 nitrogen and oxygen atoms in total. The van der Waals surface area contributed by atoms with Gasteiger partial charge in [0, 0.05) is 5.75 Å². The van der Waals surface area contributed by atoms with Crippen LogP contribution in [0.1, 0.15) is 18.9 Å². The van der Waals surface area contributed by atoms with Crippen LogP contribution in [-0.4, -0.2) is 28.5 Å². The molecule has 1 N–H and O–H groups in total. The van der Waals surface area contributed by atoms with Gasteiger partial charge in [-0.25, -0.2) is 0 Å². The summed E-state index contributed by atoms with van der Waals surface area (Å²) >= 11 is 2.77. The molecule has 0 spiro atoms. The van der Waals surface area contributed by atoms with E-state index in [2.05, 4.69) is 15.5 Å². The van der Waals surface area contributed by atoms with Crippen molar-refractivity contribution in [3.8, 4) is 5.75 Å². The number of nitrogens with one attached hydrogen (secondary N) is 1. The largest absolute Gasteiger partial charge is 0.484 e. The Morgan fingerprint density at radius 1 is 1.38 bits per heavy atom. The van der Waals surface area contributed by atoms with E-state index >= 15 is 0 Å². The van der Waals surface area contributed by atoms with E-state index < -0.39 is 24.3 Å². The fourth-order valence-electron chi connectivity index (χ4n) is 1.57. The molecule has 1 heterocycles. The van der Waals surface area contributed by atoms with Crippen LogP contribution in [0.25, 0.3) is 0 Å². The van der Waals surface area contributed by atoms with Gasteiger partial charge in [-0.15, -0.1) is 10.2 Å². The summed E-state index contributed by atoms with van der Waals surface area (Å²) in [6.07, 6.45) is -3.46. The maximum atomic E-state index is 12.6. The van der Waals surface area contributed by atoms with Crippen molar-refractivity contribution in [3.63, 3.8) is 0 Å². The number of hydrogen-bond acceptors (Lipinski definition) is 6. The normalized spacial score (nSPS) is 11.3. The van der Waals surface area contributed by atoms with Crippen molar-refractivity contribution in [2.75, 3.05) is 17.7 Å². The van der Waals surface area contributed by atoms with Gasteiger partial charge in [-0.1, -0.05) is 36.1 Å². The Kier molecular flexibility index (Phi) is 6.44. The summed E-state index contributed by atoms with van der Waals surface area (Å²) in [6, 6.07) is 4.35. The molecular formula is C14H14F3N3O2S2. The van der Waals surface area contributed by atoms with E-state index in [-0.39, 0.29) is 5.75 Å². The second-order valence-electron chi connectivity index (χ2n) is 4.58. The van der Waals surface area contributed by atoms with Crippen molar-refractivity contribution in [3.05, 3.63) is 29.8 Å². The highest BCUT2D eigenvalue weighted by molar-refractivity contribution is 8.01. The predicted molar refractivity (Wildman–Crippen MR) is 86.5 cm³/mol. The van der Waals surface area contributed by atoms with Crippen molar-refractivity contribution in [2.45, 2.75) is 23.9 Å². The van der Waals surface area contributed by atoms with Crippen LogP contribution in [0, 0.1) is 0 Å². The Hall–Kier alpha value is -1.81. The molecule has 0 radical (unpaired) electrons. The molecule has 24 heavy (non-hydrogen) atoms. The highest BCUT2D eigenvalue weighted by atomic mass is 32.2. The first-order valence-electron chi connectivity index (χ1n) is 6.94. The summed E-state index contributed by atoms with van der Waals surface area (Å²) in [7, 11) is 0. The van der Waals surface area contributed by atoms with Gasteiger partial charge >= 0.3 is 6.18 Å². The van der Waals surface area contributed by atoms with Crippen molar-refractivity contribution in [1.82, 2.24) is 10.2 Å². The van der Waals surface area contributed by atoms with E-state index in [1.54, 1.807) is 0 Å². The molecule has 0 fully saturated rings. The first-order valence-corrected chi connectivity index (χ1v) is 8.75. The lowest BCUT2D eigenvalue weighted by atomic mass is 10.2. The number of benzene rings is 1. The number of halogens is 3. The SMILES string of the molecule is CCCSc1nnc(NC(=O)COc2cccc(C(F)(F)F)c2)s1. The lowest BCUT2D eigenvalue weighted by Crippen LogP contribution is -2.20. The third-order valence-corrected chi connectivity index (χ3v) is 4.79. The van der Waals surface area contributed by atoms with Crippen LogP contribution in [0.5, 0.6) is 5.75 Å². The van der Waals surface area contributed by atoms with Gasteiger partial charge < -0.3 is 4.74 Å². The van der Waals surface area contributed by atoms with E-state index in [9.17, 15) is 18.0 Å². The third kappa shape index (κ3) is 5.68. The number of thioether (sulfide) groups is 1. The van der Waals surface area contributed by atoms with E-state index in [0.717, 1.165) is 28.6 Å². The third-order valence-electron chi connectivity index (χ3n) is 2.61. The van der Waals surface area contributed by atoms with Crippen molar-refractivity contribution >= 4 is 34.1 Å². The summed E-state index contributed by atoms with van der Waals surface area (Å²) < 4.78 is 43.6. The summed E-state index contributed by atoms with van der Waals surface area (Å²) in [5.41, 5.74) is -0.831. The van der Waals surface area contributed by atoms with Gasteiger partial charge in [0.25, 0.3) is 5.91 Å². The number of ether oxygens (including phenoxy) is 1. The monoisotopic (exact) mass is 377 g/mol. The van der Waals surface area contributed by atoms with Crippen LogP contribution in [0.15, 0.2) is 28.6 Å². The molecule has 2 rings (SSSR count). The minimum absolute atomic E-state index is 0.0311. The fourth-order valence-corrected chi connectivity index (χ4v) is 3.27. The number of carbonyl (C=O) groups excluding carboxylic acids is 1. The van der Waals surface area contributed by atoms with Gasteiger partial charge in [-0.3, -0.25) is 10.1 Å². The summed E-state index contributed by atoms with van der Waals surface area (Å²) in [5, 5.41) is 10.6. The zero-order valence-electron chi connectivity index (χ0n) is 12.6. The van der Waals surface area contributed by atoms with E-state index in [0.29, 0.717) is 5.13 Å².